The van der Waals surface area contributed by atoms with Gasteiger partial charge in [0.25, 0.3) is 10.1 Å². The second-order valence-corrected chi connectivity index (χ2v) is 6.96. The van der Waals surface area contributed by atoms with E-state index in [9.17, 15) is 8.42 Å². The van der Waals surface area contributed by atoms with Crippen molar-refractivity contribution in [3.8, 4) is 0 Å². The van der Waals surface area contributed by atoms with Gasteiger partial charge in [-0.2, -0.15) is 8.42 Å². The molecule has 1 saturated heterocycles. The van der Waals surface area contributed by atoms with Gasteiger partial charge in [-0.05, 0) is 32.1 Å². The highest BCUT2D eigenvalue weighted by Gasteiger charge is 2.13. The first-order valence-corrected chi connectivity index (χ1v) is 9.47. The van der Waals surface area contributed by atoms with Gasteiger partial charge in [0.15, 0.2) is 6.29 Å². The third kappa shape index (κ3) is 10.6. The molecule has 0 amide bonds. The molecule has 0 aliphatic carbocycles. The summed E-state index contributed by atoms with van der Waals surface area (Å²) in [6.45, 7) is 1.92. The van der Waals surface area contributed by atoms with E-state index in [1.165, 1.54) is 6.42 Å². The molecule has 1 heterocycles. The van der Waals surface area contributed by atoms with Crippen molar-refractivity contribution in [1.29, 1.82) is 0 Å². The van der Waals surface area contributed by atoms with Crippen molar-refractivity contribution in [3.05, 3.63) is 0 Å². The van der Waals surface area contributed by atoms with E-state index in [1.54, 1.807) is 0 Å². The summed E-state index contributed by atoms with van der Waals surface area (Å²) in [7, 11) is -3.27. The summed E-state index contributed by atoms with van der Waals surface area (Å²) in [5.41, 5.74) is 0. The number of unbranched alkanes of at least 4 members (excludes halogenated alkanes) is 5. The van der Waals surface area contributed by atoms with E-state index in [0.717, 1.165) is 70.8 Å². The Morgan fingerprint density at radius 2 is 1.65 bits per heavy atom. The van der Waals surface area contributed by atoms with Gasteiger partial charge in [0, 0.05) is 13.2 Å². The molecule has 1 unspecified atom stereocenters. The van der Waals surface area contributed by atoms with Crippen molar-refractivity contribution < 1.29 is 22.1 Å². The maximum absolute atomic E-state index is 10.7. The van der Waals surface area contributed by atoms with E-state index in [0.29, 0.717) is 6.61 Å². The van der Waals surface area contributed by atoms with Crippen LogP contribution in [0.4, 0.5) is 0 Å². The molecule has 0 N–H and O–H groups in total. The first-order chi connectivity index (χ1) is 9.58. The Bertz CT molecular complexity index is 322. The van der Waals surface area contributed by atoms with Crippen LogP contribution < -0.4 is 0 Å². The lowest BCUT2D eigenvalue weighted by atomic mass is 10.1. The molecular weight excluding hydrogens is 280 g/mol. The van der Waals surface area contributed by atoms with Crippen molar-refractivity contribution in [2.45, 2.75) is 64.1 Å². The van der Waals surface area contributed by atoms with Gasteiger partial charge < -0.3 is 9.47 Å². The number of hydrogen-bond donors (Lipinski definition) is 0. The van der Waals surface area contributed by atoms with Crippen LogP contribution in [0.2, 0.25) is 0 Å². The highest BCUT2D eigenvalue weighted by atomic mass is 32.2. The van der Waals surface area contributed by atoms with Crippen LogP contribution in [-0.4, -0.2) is 40.8 Å². The van der Waals surface area contributed by atoms with Crippen molar-refractivity contribution in [2.75, 3.05) is 26.1 Å². The molecule has 1 rings (SSSR count). The SMILES string of the molecule is CS(=O)(=O)OCCCCCCCCOC1CCCCO1. The maximum Gasteiger partial charge on any atom is 0.264 e. The standard InChI is InChI=1S/C14H28O5S/c1-20(15,16)19-13-8-5-3-2-4-7-11-17-14-10-6-9-12-18-14/h14H,2-13H2,1H3. The highest BCUT2D eigenvalue weighted by molar-refractivity contribution is 7.85. The van der Waals surface area contributed by atoms with Crippen LogP contribution in [-0.2, 0) is 23.8 Å². The maximum atomic E-state index is 10.7. The van der Waals surface area contributed by atoms with E-state index in [1.807, 2.05) is 0 Å². The van der Waals surface area contributed by atoms with Crippen LogP contribution >= 0.6 is 0 Å². The van der Waals surface area contributed by atoms with E-state index < -0.39 is 10.1 Å². The third-order valence-corrected chi connectivity index (χ3v) is 3.87. The van der Waals surface area contributed by atoms with Crippen molar-refractivity contribution in [2.24, 2.45) is 0 Å². The first kappa shape index (κ1) is 17.9. The molecule has 0 aromatic carbocycles. The number of rotatable bonds is 11. The minimum Gasteiger partial charge on any atom is -0.353 e. The first-order valence-electron chi connectivity index (χ1n) is 7.65. The van der Waals surface area contributed by atoms with Crippen molar-refractivity contribution in [1.82, 2.24) is 0 Å². The van der Waals surface area contributed by atoms with Gasteiger partial charge in [-0.3, -0.25) is 4.18 Å². The smallest absolute Gasteiger partial charge is 0.264 e. The lowest BCUT2D eigenvalue weighted by Crippen LogP contribution is -2.22. The lowest BCUT2D eigenvalue weighted by Gasteiger charge is -2.22. The fourth-order valence-electron chi connectivity index (χ4n) is 2.18. The van der Waals surface area contributed by atoms with E-state index >= 15 is 0 Å². The fourth-order valence-corrected chi connectivity index (χ4v) is 2.60. The molecule has 1 aliphatic rings. The fraction of sp³-hybridized carbons (Fsp3) is 1.00. The summed E-state index contributed by atoms with van der Waals surface area (Å²) < 4.78 is 37.3. The van der Waals surface area contributed by atoms with E-state index in [-0.39, 0.29) is 6.29 Å². The normalized spacial score (nSPS) is 20.1. The molecule has 0 aromatic rings. The van der Waals surface area contributed by atoms with Crippen LogP contribution in [0, 0.1) is 0 Å². The predicted octanol–water partition coefficient (Wildman–Crippen LogP) is 2.85. The van der Waals surface area contributed by atoms with Crippen LogP contribution in [0.3, 0.4) is 0 Å². The quantitative estimate of drug-likeness (QED) is 0.434. The zero-order valence-electron chi connectivity index (χ0n) is 12.5. The van der Waals surface area contributed by atoms with Gasteiger partial charge in [0.1, 0.15) is 0 Å². The lowest BCUT2D eigenvalue weighted by molar-refractivity contribution is -0.162. The van der Waals surface area contributed by atoms with Gasteiger partial charge in [0.2, 0.25) is 0 Å². The van der Waals surface area contributed by atoms with E-state index in [4.69, 9.17) is 9.47 Å². The number of ether oxygens (including phenoxy) is 2. The van der Waals surface area contributed by atoms with Crippen LogP contribution in [0.15, 0.2) is 0 Å². The zero-order valence-corrected chi connectivity index (χ0v) is 13.3. The predicted molar refractivity (Wildman–Crippen MR) is 78.0 cm³/mol. The summed E-state index contributed by atoms with van der Waals surface area (Å²) in [5, 5.41) is 0. The molecule has 0 radical (unpaired) electrons. The molecule has 120 valence electrons. The number of hydrogen-bond acceptors (Lipinski definition) is 5. The Morgan fingerprint density at radius 1 is 1.00 bits per heavy atom. The minimum absolute atomic E-state index is 0.0249. The Morgan fingerprint density at radius 3 is 2.25 bits per heavy atom. The summed E-state index contributed by atoms with van der Waals surface area (Å²) in [5.74, 6) is 0. The van der Waals surface area contributed by atoms with E-state index in [2.05, 4.69) is 4.18 Å². The molecular formula is C14H28O5S. The largest absolute Gasteiger partial charge is 0.353 e. The van der Waals surface area contributed by atoms with Crippen LogP contribution in [0.1, 0.15) is 57.8 Å². The van der Waals surface area contributed by atoms with Gasteiger partial charge in [0.05, 0.1) is 12.9 Å². The average Bonchev–Trinajstić information content (AvgIpc) is 2.41. The van der Waals surface area contributed by atoms with Gasteiger partial charge in [-0.1, -0.05) is 25.7 Å². The Labute approximate surface area is 123 Å². The zero-order chi connectivity index (χ0) is 14.7. The highest BCUT2D eigenvalue weighted by Crippen LogP contribution is 2.14. The molecule has 1 fully saturated rings. The summed E-state index contributed by atoms with van der Waals surface area (Å²) in [6.07, 6.45) is 10.8. The van der Waals surface area contributed by atoms with Gasteiger partial charge in [-0.15, -0.1) is 0 Å². The molecule has 6 heteroatoms. The molecule has 5 nitrogen and oxygen atoms in total. The molecule has 1 aliphatic heterocycles. The van der Waals surface area contributed by atoms with Crippen molar-refractivity contribution >= 4 is 10.1 Å². The van der Waals surface area contributed by atoms with Crippen LogP contribution in [0.25, 0.3) is 0 Å². The monoisotopic (exact) mass is 308 g/mol. The van der Waals surface area contributed by atoms with Crippen LogP contribution in [0.5, 0.6) is 0 Å². The summed E-state index contributed by atoms with van der Waals surface area (Å²) in [4.78, 5) is 0. The molecule has 0 aromatic heterocycles. The third-order valence-electron chi connectivity index (χ3n) is 3.28. The average molecular weight is 308 g/mol. The molecule has 0 bridgehead atoms. The Balaban J connectivity index is 1.78. The minimum atomic E-state index is -3.27. The molecule has 0 spiro atoms. The van der Waals surface area contributed by atoms with Gasteiger partial charge >= 0.3 is 0 Å². The second-order valence-electron chi connectivity index (χ2n) is 5.31. The summed E-state index contributed by atoms with van der Waals surface area (Å²) in [6, 6.07) is 0. The molecule has 0 saturated carbocycles. The van der Waals surface area contributed by atoms with Crippen molar-refractivity contribution in [3.63, 3.8) is 0 Å². The molecule has 20 heavy (non-hydrogen) atoms. The van der Waals surface area contributed by atoms with Gasteiger partial charge in [-0.25, -0.2) is 0 Å². The Hall–Kier alpha value is -0.170. The molecule has 1 atom stereocenters. The second kappa shape index (κ2) is 10.5. The topological polar surface area (TPSA) is 61.8 Å². The summed E-state index contributed by atoms with van der Waals surface area (Å²) >= 11 is 0. The Kier molecular flexibility index (Phi) is 9.42.